The minimum atomic E-state index is -4.88. The standard InChI is InChI=1S/C21H19F4N5O5S/c1-34-16(17(26)31)20(28-13-8-10(18(32)33)2-5-14(13)30(20)7-6-22)29-19-27-12-4-3-11(9-15(12)36-19)35-21(23,24)25/h2-5,8-9,16,28H,6-7H2,1H3,(H2,26,31)(H,27,29)(H,32,33). The third-order valence-electron chi connectivity index (χ3n) is 5.36. The van der Waals surface area contributed by atoms with Crippen molar-refractivity contribution in [1.29, 1.82) is 0 Å². The first kappa shape index (κ1) is 25.2. The maximum atomic E-state index is 13.7. The summed E-state index contributed by atoms with van der Waals surface area (Å²) in [6.07, 6.45) is -6.33. The second-order valence-electron chi connectivity index (χ2n) is 7.61. The van der Waals surface area contributed by atoms with Crippen molar-refractivity contribution in [3.05, 3.63) is 42.0 Å². The number of anilines is 3. The van der Waals surface area contributed by atoms with Crippen LogP contribution in [0.25, 0.3) is 10.2 Å². The number of nitrogens with one attached hydrogen (secondary N) is 2. The van der Waals surface area contributed by atoms with E-state index in [1.165, 1.54) is 36.3 Å². The van der Waals surface area contributed by atoms with Gasteiger partial charge in [-0.2, -0.15) is 0 Å². The van der Waals surface area contributed by atoms with Crippen LogP contribution >= 0.6 is 11.3 Å². The first-order chi connectivity index (χ1) is 17.0. The van der Waals surface area contributed by atoms with Crippen LogP contribution in [0, 0.1) is 0 Å². The summed E-state index contributed by atoms with van der Waals surface area (Å²) < 4.78 is 61.1. The Labute approximate surface area is 204 Å². The number of rotatable bonds is 9. The van der Waals surface area contributed by atoms with Gasteiger partial charge in [0.05, 0.1) is 33.7 Å². The van der Waals surface area contributed by atoms with Crippen LogP contribution in [-0.4, -0.2) is 60.5 Å². The molecule has 0 saturated heterocycles. The first-order valence-corrected chi connectivity index (χ1v) is 11.0. The fraction of sp³-hybridized carbons (Fsp3) is 0.286. The van der Waals surface area contributed by atoms with Gasteiger partial charge in [0.2, 0.25) is 5.79 Å². The van der Waals surface area contributed by atoms with Gasteiger partial charge in [-0.05, 0) is 30.3 Å². The van der Waals surface area contributed by atoms with Crippen molar-refractivity contribution in [1.82, 2.24) is 4.98 Å². The molecule has 2 atom stereocenters. The van der Waals surface area contributed by atoms with E-state index < -0.39 is 42.6 Å². The quantitative estimate of drug-likeness (QED) is 0.307. The molecule has 2 unspecified atom stereocenters. The summed E-state index contributed by atoms with van der Waals surface area (Å²) in [5, 5.41) is 15.5. The van der Waals surface area contributed by atoms with Crippen molar-refractivity contribution in [2.24, 2.45) is 5.73 Å². The highest BCUT2D eigenvalue weighted by Gasteiger charge is 2.53. The Morgan fingerprint density at radius 2 is 2.06 bits per heavy atom. The van der Waals surface area contributed by atoms with E-state index in [0.717, 1.165) is 23.5 Å². The third-order valence-corrected chi connectivity index (χ3v) is 6.29. The summed E-state index contributed by atoms with van der Waals surface area (Å²) in [6, 6.07) is 7.63. The zero-order valence-corrected chi connectivity index (χ0v) is 19.2. The molecule has 5 N–H and O–H groups in total. The van der Waals surface area contributed by atoms with Gasteiger partial charge in [0, 0.05) is 13.2 Å². The fourth-order valence-corrected chi connectivity index (χ4v) is 4.98. The number of aromatic nitrogens is 1. The van der Waals surface area contributed by atoms with E-state index in [2.05, 4.69) is 20.4 Å². The molecule has 0 bridgehead atoms. The Hall–Kier alpha value is -3.85. The van der Waals surface area contributed by atoms with Gasteiger partial charge in [0.1, 0.15) is 12.4 Å². The molecule has 1 aliphatic rings. The van der Waals surface area contributed by atoms with Crippen molar-refractivity contribution < 1.29 is 41.7 Å². The molecule has 4 rings (SSSR count). The molecule has 10 nitrogen and oxygen atoms in total. The highest BCUT2D eigenvalue weighted by atomic mass is 32.1. The molecule has 0 saturated carbocycles. The number of benzene rings is 2. The number of nitrogens with zero attached hydrogens (tertiary/aromatic N) is 2. The highest BCUT2D eigenvalue weighted by Crippen LogP contribution is 2.44. The number of halogens is 4. The molecule has 0 spiro atoms. The molecular weight excluding hydrogens is 510 g/mol. The van der Waals surface area contributed by atoms with E-state index in [-0.39, 0.29) is 22.9 Å². The molecule has 192 valence electrons. The van der Waals surface area contributed by atoms with Crippen LogP contribution in [0.15, 0.2) is 36.4 Å². The van der Waals surface area contributed by atoms with Crippen molar-refractivity contribution in [2.75, 3.05) is 35.9 Å². The third kappa shape index (κ3) is 4.66. The molecule has 36 heavy (non-hydrogen) atoms. The van der Waals surface area contributed by atoms with Gasteiger partial charge < -0.3 is 35.8 Å². The zero-order chi connectivity index (χ0) is 26.3. The molecule has 0 fully saturated rings. The lowest BCUT2D eigenvalue weighted by atomic mass is 10.1. The molecule has 2 aromatic carbocycles. The molecule has 15 heteroatoms. The van der Waals surface area contributed by atoms with Crippen LogP contribution < -0.4 is 26.0 Å². The summed E-state index contributed by atoms with van der Waals surface area (Å²) in [5.74, 6) is -4.35. The number of ether oxygens (including phenoxy) is 2. The first-order valence-electron chi connectivity index (χ1n) is 10.2. The van der Waals surface area contributed by atoms with Crippen LogP contribution in [0.4, 0.5) is 34.1 Å². The van der Waals surface area contributed by atoms with E-state index >= 15 is 0 Å². The molecule has 2 heterocycles. The second-order valence-corrected chi connectivity index (χ2v) is 8.64. The maximum Gasteiger partial charge on any atom is 0.573 e. The summed E-state index contributed by atoms with van der Waals surface area (Å²) in [7, 11) is 1.21. The van der Waals surface area contributed by atoms with E-state index in [1.54, 1.807) is 0 Å². The average Bonchev–Trinajstić information content (AvgIpc) is 3.30. The van der Waals surface area contributed by atoms with Gasteiger partial charge in [-0.25, -0.2) is 14.2 Å². The molecule has 1 aromatic heterocycles. The van der Waals surface area contributed by atoms with Gasteiger partial charge >= 0.3 is 12.3 Å². The number of amides is 1. The van der Waals surface area contributed by atoms with E-state index in [4.69, 9.17) is 10.5 Å². The second kappa shape index (κ2) is 9.31. The summed E-state index contributed by atoms with van der Waals surface area (Å²) in [4.78, 5) is 29.6. The summed E-state index contributed by atoms with van der Waals surface area (Å²) in [6.45, 7) is -1.13. The fourth-order valence-electron chi connectivity index (χ4n) is 4.03. The van der Waals surface area contributed by atoms with Gasteiger partial charge in [-0.3, -0.25) is 4.79 Å². The van der Waals surface area contributed by atoms with E-state index in [1.807, 2.05) is 0 Å². The van der Waals surface area contributed by atoms with Crippen LogP contribution in [0.1, 0.15) is 10.4 Å². The SMILES string of the molecule is COC(C(N)=O)C1(Nc2nc3ccc(OC(F)(F)F)cc3s2)Nc2cc(C(=O)O)ccc2N1CCF. The Morgan fingerprint density at radius 1 is 1.31 bits per heavy atom. The number of carbonyl (C=O) groups excluding carboxylic acids is 1. The molecule has 1 amide bonds. The summed E-state index contributed by atoms with van der Waals surface area (Å²) in [5.41, 5.74) is 6.45. The van der Waals surface area contributed by atoms with Crippen molar-refractivity contribution in [2.45, 2.75) is 18.3 Å². The lowest BCUT2D eigenvalue weighted by Gasteiger charge is -2.43. The minimum absolute atomic E-state index is 0.0672. The predicted molar refractivity (Wildman–Crippen MR) is 123 cm³/mol. The van der Waals surface area contributed by atoms with Gasteiger partial charge in [0.25, 0.3) is 5.91 Å². The number of carboxylic acid groups (broad SMARTS) is 1. The Bertz CT molecular complexity index is 1320. The lowest BCUT2D eigenvalue weighted by molar-refractivity contribution is -0.274. The molecular formula is C21H19F4N5O5S. The van der Waals surface area contributed by atoms with Crippen LogP contribution in [-0.2, 0) is 9.53 Å². The van der Waals surface area contributed by atoms with Gasteiger partial charge in [-0.15, -0.1) is 13.2 Å². The number of alkyl halides is 4. The normalized spacial score (nSPS) is 18.0. The Balaban J connectivity index is 1.80. The van der Waals surface area contributed by atoms with Gasteiger partial charge in [0.15, 0.2) is 11.2 Å². The molecule has 1 aliphatic heterocycles. The number of hydrogen-bond donors (Lipinski definition) is 4. The Kier molecular flexibility index (Phi) is 6.53. The van der Waals surface area contributed by atoms with Crippen LogP contribution in [0.5, 0.6) is 5.75 Å². The van der Waals surface area contributed by atoms with Crippen LogP contribution in [0.3, 0.4) is 0 Å². The highest BCUT2D eigenvalue weighted by molar-refractivity contribution is 7.22. The predicted octanol–water partition coefficient (Wildman–Crippen LogP) is 3.36. The Morgan fingerprint density at radius 3 is 2.67 bits per heavy atom. The topological polar surface area (TPSA) is 139 Å². The number of carbonyl (C=O) groups is 2. The molecule has 3 aromatic rings. The number of fused-ring (bicyclic) bond motifs is 2. The molecule has 0 aliphatic carbocycles. The number of nitrogens with two attached hydrogens (primary N) is 1. The van der Waals surface area contributed by atoms with Gasteiger partial charge in [-0.1, -0.05) is 11.3 Å². The van der Waals surface area contributed by atoms with Crippen molar-refractivity contribution in [3.8, 4) is 5.75 Å². The lowest BCUT2D eigenvalue weighted by Crippen LogP contribution is -2.68. The molecule has 0 radical (unpaired) electrons. The smallest absolute Gasteiger partial charge is 0.478 e. The monoisotopic (exact) mass is 529 g/mol. The number of aromatic carboxylic acids is 1. The number of thiazole rings is 1. The summed E-state index contributed by atoms with van der Waals surface area (Å²) >= 11 is 0.938. The largest absolute Gasteiger partial charge is 0.573 e. The van der Waals surface area contributed by atoms with E-state index in [9.17, 15) is 32.3 Å². The zero-order valence-electron chi connectivity index (χ0n) is 18.4. The number of methoxy groups -OCH3 is 1. The van der Waals surface area contributed by atoms with E-state index in [0.29, 0.717) is 15.9 Å². The minimum Gasteiger partial charge on any atom is -0.478 e. The maximum absolute atomic E-state index is 13.7. The number of carboxylic acids is 1. The van der Waals surface area contributed by atoms with Crippen molar-refractivity contribution in [3.63, 3.8) is 0 Å². The van der Waals surface area contributed by atoms with Crippen molar-refractivity contribution >= 4 is 49.9 Å². The number of primary amides is 1. The number of hydrogen-bond acceptors (Lipinski definition) is 9. The van der Waals surface area contributed by atoms with Crippen LogP contribution in [0.2, 0.25) is 0 Å². The average molecular weight is 529 g/mol.